The van der Waals surface area contributed by atoms with Crippen LogP contribution >= 0.6 is 0 Å². The van der Waals surface area contributed by atoms with Gasteiger partial charge in [-0.3, -0.25) is 4.79 Å². The van der Waals surface area contributed by atoms with E-state index in [2.05, 4.69) is 10.6 Å². The second-order valence-electron chi connectivity index (χ2n) is 5.25. The lowest BCUT2D eigenvalue weighted by molar-refractivity contribution is -0.122. The summed E-state index contributed by atoms with van der Waals surface area (Å²) < 4.78 is 11.0. The number of hydrogen-bond acceptors (Lipinski definition) is 4. The molecule has 0 aliphatic carbocycles. The molecule has 1 atom stereocenters. The van der Waals surface area contributed by atoms with Crippen LogP contribution in [0.25, 0.3) is 0 Å². The van der Waals surface area contributed by atoms with Crippen LogP contribution in [0, 0.1) is 6.92 Å². The molecule has 0 spiro atoms. The zero-order valence-electron chi connectivity index (χ0n) is 12.8. The van der Waals surface area contributed by atoms with Crippen molar-refractivity contribution in [1.29, 1.82) is 0 Å². The Morgan fingerprint density at radius 3 is 3.10 bits per heavy atom. The van der Waals surface area contributed by atoms with Crippen LogP contribution in [0.4, 0.5) is 0 Å². The average Bonchev–Trinajstić information content (AvgIpc) is 2.48. The molecule has 2 rings (SSSR count). The molecule has 1 aromatic carbocycles. The van der Waals surface area contributed by atoms with E-state index in [0.717, 1.165) is 30.0 Å². The van der Waals surface area contributed by atoms with Gasteiger partial charge in [-0.1, -0.05) is 12.1 Å². The highest BCUT2D eigenvalue weighted by atomic mass is 16.5. The molecule has 21 heavy (non-hydrogen) atoms. The topological polar surface area (TPSA) is 59.6 Å². The van der Waals surface area contributed by atoms with Crippen molar-refractivity contribution >= 4 is 5.91 Å². The number of nitrogens with one attached hydrogen (secondary N) is 2. The molecule has 5 heteroatoms. The van der Waals surface area contributed by atoms with Gasteiger partial charge in [0.1, 0.15) is 5.75 Å². The summed E-state index contributed by atoms with van der Waals surface area (Å²) in [6.07, 6.45) is 0.440. The third kappa shape index (κ3) is 5.02. The van der Waals surface area contributed by atoms with Crippen molar-refractivity contribution in [3.05, 3.63) is 29.3 Å². The summed E-state index contributed by atoms with van der Waals surface area (Å²) in [5.74, 6) is 0.873. The fraction of sp³-hybridized carbons (Fsp3) is 0.562. The number of amides is 1. The average molecular weight is 292 g/mol. The first kappa shape index (κ1) is 15.8. The molecule has 2 N–H and O–H groups in total. The van der Waals surface area contributed by atoms with Crippen molar-refractivity contribution in [3.63, 3.8) is 0 Å². The van der Waals surface area contributed by atoms with Crippen LogP contribution in [0.5, 0.6) is 5.75 Å². The van der Waals surface area contributed by atoms with Gasteiger partial charge in [0.15, 0.2) is 0 Å². The van der Waals surface area contributed by atoms with Crippen LogP contribution in [-0.2, 0) is 16.1 Å². The van der Waals surface area contributed by atoms with Gasteiger partial charge in [-0.25, -0.2) is 0 Å². The summed E-state index contributed by atoms with van der Waals surface area (Å²) in [5.41, 5.74) is 2.15. The predicted molar refractivity (Wildman–Crippen MR) is 81.4 cm³/mol. The minimum Gasteiger partial charge on any atom is -0.494 e. The monoisotopic (exact) mass is 292 g/mol. The molecule has 1 saturated heterocycles. The predicted octanol–water partition coefficient (Wildman–Crippen LogP) is 1.39. The standard InChI is InChI=1S/C16H24N2O3/c1-3-21-15-8-12(2)4-5-13(15)10-18-16(19)9-14-11-20-7-6-17-14/h4-5,8,14,17H,3,6-7,9-11H2,1-2H3,(H,18,19). The van der Waals surface area contributed by atoms with E-state index < -0.39 is 0 Å². The summed E-state index contributed by atoms with van der Waals surface area (Å²) in [6, 6.07) is 6.15. The third-order valence-electron chi connectivity index (χ3n) is 3.43. The summed E-state index contributed by atoms with van der Waals surface area (Å²) in [4.78, 5) is 12.0. The molecule has 1 fully saturated rings. The first-order chi connectivity index (χ1) is 10.2. The Morgan fingerprint density at radius 2 is 2.38 bits per heavy atom. The van der Waals surface area contributed by atoms with Crippen LogP contribution in [0.2, 0.25) is 0 Å². The van der Waals surface area contributed by atoms with E-state index >= 15 is 0 Å². The van der Waals surface area contributed by atoms with Gasteiger partial charge in [0, 0.05) is 31.1 Å². The lowest BCUT2D eigenvalue weighted by Crippen LogP contribution is -2.44. The van der Waals surface area contributed by atoms with Crippen LogP contribution < -0.4 is 15.4 Å². The molecule has 1 amide bonds. The van der Waals surface area contributed by atoms with E-state index in [9.17, 15) is 4.79 Å². The Morgan fingerprint density at radius 1 is 1.52 bits per heavy atom. The molecule has 116 valence electrons. The largest absolute Gasteiger partial charge is 0.494 e. The molecule has 1 aliphatic rings. The lowest BCUT2D eigenvalue weighted by atomic mass is 10.1. The van der Waals surface area contributed by atoms with Crippen LogP contribution in [0.1, 0.15) is 24.5 Å². The van der Waals surface area contributed by atoms with Gasteiger partial charge in [-0.2, -0.15) is 0 Å². The highest BCUT2D eigenvalue weighted by Gasteiger charge is 2.16. The molecule has 1 heterocycles. The van der Waals surface area contributed by atoms with E-state index in [-0.39, 0.29) is 11.9 Å². The Balaban J connectivity index is 1.85. The first-order valence-electron chi connectivity index (χ1n) is 7.49. The normalized spacial score (nSPS) is 18.3. The summed E-state index contributed by atoms with van der Waals surface area (Å²) >= 11 is 0. The van der Waals surface area contributed by atoms with Crippen molar-refractivity contribution in [3.8, 4) is 5.75 Å². The van der Waals surface area contributed by atoms with Crippen LogP contribution in [-0.4, -0.2) is 38.3 Å². The molecule has 0 radical (unpaired) electrons. The number of morpholine rings is 1. The SMILES string of the molecule is CCOc1cc(C)ccc1CNC(=O)CC1COCCN1. The quantitative estimate of drug-likeness (QED) is 0.832. The molecular weight excluding hydrogens is 268 g/mol. The molecule has 0 aromatic heterocycles. The van der Waals surface area contributed by atoms with Crippen molar-refractivity contribution in [1.82, 2.24) is 10.6 Å². The Labute approximate surface area is 126 Å². The maximum Gasteiger partial charge on any atom is 0.221 e. The summed E-state index contributed by atoms with van der Waals surface area (Å²) in [5, 5.41) is 6.23. The number of aryl methyl sites for hydroxylation is 1. The fourth-order valence-corrected chi connectivity index (χ4v) is 2.34. The van der Waals surface area contributed by atoms with Gasteiger partial charge in [0.2, 0.25) is 5.91 Å². The van der Waals surface area contributed by atoms with Crippen molar-refractivity contribution < 1.29 is 14.3 Å². The molecule has 5 nitrogen and oxygen atoms in total. The smallest absolute Gasteiger partial charge is 0.221 e. The molecule has 1 aromatic rings. The molecular formula is C16H24N2O3. The minimum absolute atomic E-state index is 0.0287. The maximum absolute atomic E-state index is 12.0. The van der Waals surface area contributed by atoms with E-state index in [1.54, 1.807) is 0 Å². The summed E-state index contributed by atoms with van der Waals surface area (Å²) in [6.45, 7) is 7.22. The zero-order chi connectivity index (χ0) is 15.1. The lowest BCUT2D eigenvalue weighted by Gasteiger charge is -2.23. The summed E-state index contributed by atoms with van der Waals surface area (Å²) in [7, 11) is 0. The second kappa shape index (κ2) is 8.00. The number of carbonyl (C=O) groups is 1. The van der Waals surface area contributed by atoms with Crippen molar-refractivity contribution in [2.75, 3.05) is 26.4 Å². The van der Waals surface area contributed by atoms with E-state index in [1.807, 2.05) is 32.0 Å². The molecule has 1 unspecified atom stereocenters. The fourth-order valence-electron chi connectivity index (χ4n) is 2.34. The van der Waals surface area contributed by atoms with E-state index in [1.165, 1.54) is 0 Å². The Hall–Kier alpha value is -1.59. The number of rotatable bonds is 6. The molecule has 0 bridgehead atoms. The van der Waals surface area contributed by atoms with Gasteiger partial charge in [0.05, 0.1) is 19.8 Å². The highest BCUT2D eigenvalue weighted by Crippen LogP contribution is 2.20. The zero-order valence-corrected chi connectivity index (χ0v) is 12.8. The van der Waals surface area contributed by atoms with Gasteiger partial charge in [0.25, 0.3) is 0 Å². The number of carbonyl (C=O) groups excluding carboxylic acids is 1. The highest BCUT2D eigenvalue weighted by molar-refractivity contribution is 5.76. The van der Waals surface area contributed by atoms with Crippen LogP contribution in [0.3, 0.4) is 0 Å². The van der Waals surface area contributed by atoms with E-state index in [0.29, 0.717) is 26.2 Å². The molecule has 1 aliphatic heterocycles. The Kier molecular flexibility index (Phi) is 6.02. The molecule has 0 saturated carbocycles. The second-order valence-corrected chi connectivity index (χ2v) is 5.25. The van der Waals surface area contributed by atoms with Gasteiger partial charge in [-0.15, -0.1) is 0 Å². The Bertz CT molecular complexity index is 471. The minimum atomic E-state index is 0.0287. The van der Waals surface area contributed by atoms with E-state index in [4.69, 9.17) is 9.47 Å². The first-order valence-corrected chi connectivity index (χ1v) is 7.49. The number of benzene rings is 1. The van der Waals surface area contributed by atoms with Gasteiger partial charge < -0.3 is 20.1 Å². The van der Waals surface area contributed by atoms with Gasteiger partial charge >= 0.3 is 0 Å². The van der Waals surface area contributed by atoms with Crippen molar-refractivity contribution in [2.24, 2.45) is 0 Å². The van der Waals surface area contributed by atoms with Gasteiger partial charge in [-0.05, 0) is 25.5 Å². The van der Waals surface area contributed by atoms with Crippen LogP contribution in [0.15, 0.2) is 18.2 Å². The van der Waals surface area contributed by atoms with Crippen molar-refractivity contribution in [2.45, 2.75) is 32.9 Å². The maximum atomic E-state index is 12.0. The third-order valence-corrected chi connectivity index (χ3v) is 3.43. The number of hydrogen-bond donors (Lipinski definition) is 2. The number of ether oxygens (including phenoxy) is 2.